The summed E-state index contributed by atoms with van der Waals surface area (Å²) in [7, 11) is 0. The van der Waals surface area contributed by atoms with E-state index < -0.39 is 66.4 Å². The molecule has 0 aromatic carbocycles. The first-order valence-electron chi connectivity index (χ1n) is 8.52. The summed E-state index contributed by atoms with van der Waals surface area (Å²) in [5, 5.41) is 0. The van der Waals surface area contributed by atoms with E-state index in [9.17, 15) is 61.5 Å². The Kier molecular flexibility index (Phi) is 8.33. The summed E-state index contributed by atoms with van der Waals surface area (Å²) in [4.78, 5) is 0. The molecule has 0 atom stereocenters. The van der Waals surface area contributed by atoms with Crippen molar-refractivity contribution in [2.24, 2.45) is 5.41 Å². The predicted octanol–water partition coefficient (Wildman–Crippen LogP) is 6.88. The molecule has 0 aliphatic heterocycles. The van der Waals surface area contributed by atoms with Crippen molar-refractivity contribution in [3.05, 3.63) is 0 Å². The highest BCUT2D eigenvalue weighted by Crippen LogP contribution is 2.60. The molecule has 0 saturated heterocycles. The summed E-state index contributed by atoms with van der Waals surface area (Å²) in [5.41, 5.74) is -3.12. The minimum atomic E-state index is -7.43. The van der Waals surface area contributed by atoms with Gasteiger partial charge in [0.1, 0.15) is 13.2 Å². The van der Waals surface area contributed by atoms with Gasteiger partial charge < -0.3 is 9.47 Å². The van der Waals surface area contributed by atoms with Gasteiger partial charge in [0, 0.05) is 5.41 Å². The van der Waals surface area contributed by atoms with Gasteiger partial charge >= 0.3 is 41.6 Å². The molecule has 0 amide bonds. The standard InChI is InChI=1S/C16H20F14O2/c1-8(2)32-16(29,30)11(19,20)7-31-6-10(17,18)13(23,24)15(27,28)14(25,26)12(21,22)9(3,4)5/h8H,6-7H2,1-5H3. The Bertz CT molecular complexity index is 637. The van der Waals surface area contributed by atoms with Crippen LogP contribution in [-0.2, 0) is 9.47 Å². The average molecular weight is 510 g/mol. The maximum atomic E-state index is 13.7. The molecule has 0 bridgehead atoms. The lowest BCUT2D eigenvalue weighted by Crippen LogP contribution is -2.70. The van der Waals surface area contributed by atoms with E-state index in [1.807, 2.05) is 0 Å². The van der Waals surface area contributed by atoms with Gasteiger partial charge in [-0.3, -0.25) is 0 Å². The van der Waals surface area contributed by atoms with Crippen LogP contribution in [0.25, 0.3) is 0 Å². The molecule has 32 heavy (non-hydrogen) atoms. The van der Waals surface area contributed by atoms with Crippen LogP contribution in [0.1, 0.15) is 34.6 Å². The van der Waals surface area contributed by atoms with E-state index in [1.165, 1.54) is 0 Å². The number of hydrogen-bond acceptors (Lipinski definition) is 2. The normalized spacial score (nSPS) is 16.1. The van der Waals surface area contributed by atoms with Crippen LogP contribution in [0.3, 0.4) is 0 Å². The molecule has 0 N–H and O–H groups in total. The van der Waals surface area contributed by atoms with Crippen molar-refractivity contribution in [1.82, 2.24) is 0 Å². The molecular formula is C16H20F14O2. The Morgan fingerprint density at radius 3 is 1.22 bits per heavy atom. The molecule has 2 nitrogen and oxygen atoms in total. The molecule has 0 aliphatic rings. The molecule has 0 heterocycles. The first-order valence-corrected chi connectivity index (χ1v) is 8.52. The van der Waals surface area contributed by atoms with Crippen LogP contribution in [0.4, 0.5) is 61.5 Å². The third-order valence-corrected chi connectivity index (χ3v) is 3.96. The Labute approximate surface area is 173 Å². The van der Waals surface area contributed by atoms with Crippen LogP contribution >= 0.6 is 0 Å². The second-order valence-electron chi connectivity index (χ2n) is 8.13. The summed E-state index contributed by atoms with van der Waals surface area (Å²) < 4.78 is 197. The SMILES string of the molecule is CC(C)OC(F)(F)C(F)(F)COCC(F)(F)C(F)(F)C(F)(F)C(F)(F)C(F)(F)C(C)(C)C. The lowest BCUT2D eigenvalue weighted by molar-refractivity contribution is -0.417. The molecule has 0 aromatic heterocycles. The van der Waals surface area contributed by atoms with Gasteiger partial charge in [0.25, 0.3) is 0 Å². The quantitative estimate of drug-likeness (QED) is 0.282. The van der Waals surface area contributed by atoms with Crippen LogP contribution < -0.4 is 0 Å². The van der Waals surface area contributed by atoms with Gasteiger partial charge in [-0.1, -0.05) is 20.8 Å². The van der Waals surface area contributed by atoms with E-state index >= 15 is 0 Å². The molecule has 0 unspecified atom stereocenters. The molecule has 0 rings (SSSR count). The lowest BCUT2D eigenvalue weighted by atomic mass is 9.80. The highest BCUT2D eigenvalue weighted by atomic mass is 19.4. The van der Waals surface area contributed by atoms with Crippen molar-refractivity contribution in [1.29, 1.82) is 0 Å². The van der Waals surface area contributed by atoms with Crippen molar-refractivity contribution in [3.8, 4) is 0 Å². The number of alkyl halides is 14. The second kappa shape index (κ2) is 8.62. The van der Waals surface area contributed by atoms with Crippen molar-refractivity contribution in [2.75, 3.05) is 13.2 Å². The molecule has 0 radical (unpaired) electrons. The fourth-order valence-electron chi connectivity index (χ4n) is 1.96. The topological polar surface area (TPSA) is 18.5 Å². The van der Waals surface area contributed by atoms with Crippen molar-refractivity contribution in [2.45, 2.75) is 82.4 Å². The fourth-order valence-corrected chi connectivity index (χ4v) is 1.96. The highest BCUT2D eigenvalue weighted by molar-refractivity contribution is 5.10. The second-order valence-corrected chi connectivity index (χ2v) is 8.13. The fraction of sp³-hybridized carbons (Fsp3) is 1.00. The molecule has 194 valence electrons. The van der Waals surface area contributed by atoms with Gasteiger partial charge in [-0.05, 0) is 13.8 Å². The van der Waals surface area contributed by atoms with Gasteiger partial charge in [-0.25, -0.2) is 0 Å². The molecule has 0 saturated carbocycles. The van der Waals surface area contributed by atoms with Crippen LogP contribution in [0.15, 0.2) is 0 Å². The molecular weight excluding hydrogens is 490 g/mol. The van der Waals surface area contributed by atoms with Gasteiger partial charge in [-0.15, -0.1) is 0 Å². The third kappa shape index (κ3) is 5.20. The first kappa shape index (κ1) is 30.9. The summed E-state index contributed by atoms with van der Waals surface area (Å²) >= 11 is 0. The summed E-state index contributed by atoms with van der Waals surface area (Å²) in [6.07, 6.45) is -6.93. The molecule has 0 aliphatic carbocycles. The number of hydrogen-bond donors (Lipinski definition) is 0. The van der Waals surface area contributed by atoms with E-state index in [-0.39, 0.29) is 20.8 Å². The minimum absolute atomic E-state index is 0.234. The smallest absolute Gasteiger partial charge is 0.368 e. The monoisotopic (exact) mass is 510 g/mol. The average Bonchev–Trinajstić information content (AvgIpc) is 2.51. The Morgan fingerprint density at radius 2 is 0.875 bits per heavy atom. The van der Waals surface area contributed by atoms with Gasteiger partial charge in [0.15, 0.2) is 0 Å². The first-order chi connectivity index (χ1) is 13.6. The minimum Gasteiger partial charge on any atom is -0.368 e. The summed E-state index contributed by atoms with van der Waals surface area (Å²) in [6.45, 7) is -3.60. The third-order valence-electron chi connectivity index (χ3n) is 3.96. The highest BCUT2D eigenvalue weighted by Gasteiger charge is 2.87. The molecule has 0 aromatic rings. The zero-order chi connectivity index (χ0) is 26.4. The van der Waals surface area contributed by atoms with Gasteiger partial charge in [0.05, 0.1) is 6.10 Å². The molecule has 16 heteroatoms. The maximum Gasteiger partial charge on any atom is 0.422 e. The van der Waals surface area contributed by atoms with E-state index in [4.69, 9.17) is 0 Å². The van der Waals surface area contributed by atoms with E-state index in [0.717, 1.165) is 13.8 Å². The van der Waals surface area contributed by atoms with E-state index in [2.05, 4.69) is 9.47 Å². The lowest BCUT2D eigenvalue weighted by Gasteiger charge is -2.43. The van der Waals surface area contributed by atoms with Crippen LogP contribution in [0, 0.1) is 5.41 Å². The Balaban J connectivity index is 5.79. The Morgan fingerprint density at radius 1 is 0.531 bits per heavy atom. The summed E-state index contributed by atoms with van der Waals surface area (Å²) in [6, 6.07) is 0. The van der Waals surface area contributed by atoms with Crippen LogP contribution in [-0.4, -0.2) is 61.0 Å². The number of rotatable bonds is 11. The predicted molar refractivity (Wildman–Crippen MR) is 81.1 cm³/mol. The molecule has 0 fully saturated rings. The number of halogens is 14. The van der Waals surface area contributed by atoms with Crippen molar-refractivity contribution >= 4 is 0 Å². The van der Waals surface area contributed by atoms with Crippen LogP contribution in [0.5, 0.6) is 0 Å². The van der Waals surface area contributed by atoms with Crippen molar-refractivity contribution in [3.63, 3.8) is 0 Å². The van der Waals surface area contributed by atoms with E-state index in [0.29, 0.717) is 0 Å². The zero-order valence-corrected chi connectivity index (χ0v) is 17.1. The summed E-state index contributed by atoms with van der Waals surface area (Å²) in [5.74, 6) is -39.7. The van der Waals surface area contributed by atoms with E-state index in [1.54, 1.807) is 0 Å². The van der Waals surface area contributed by atoms with Crippen molar-refractivity contribution < 1.29 is 70.9 Å². The largest absolute Gasteiger partial charge is 0.422 e. The number of ether oxygens (including phenoxy) is 2. The van der Waals surface area contributed by atoms with Gasteiger partial charge in [-0.2, -0.15) is 61.5 Å². The maximum absolute atomic E-state index is 13.7. The van der Waals surface area contributed by atoms with Crippen LogP contribution in [0.2, 0.25) is 0 Å². The molecule has 0 spiro atoms. The zero-order valence-electron chi connectivity index (χ0n) is 17.1. The Hall–Kier alpha value is -1.06. The van der Waals surface area contributed by atoms with Gasteiger partial charge in [0.2, 0.25) is 0 Å².